The van der Waals surface area contributed by atoms with Crippen molar-refractivity contribution in [2.24, 2.45) is 5.10 Å². The Morgan fingerprint density at radius 3 is 2.51 bits per heavy atom. The fraction of sp³-hybridized carbons (Fsp3) is 0.222. The Kier molecular flexibility index (Phi) is 7.74. The molecule has 3 aromatic rings. The zero-order valence-corrected chi connectivity index (χ0v) is 19.7. The molecule has 8 heteroatoms. The van der Waals surface area contributed by atoms with E-state index in [0.717, 1.165) is 31.6 Å². The number of hydrazone groups is 1. The highest BCUT2D eigenvalue weighted by Gasteiger charge is 2.16. The Labute approximate surface area is 204 Å². The van der Waals surface area contributed by atoms with Gasteiger partial charge in [-0.15, -0.1) is 0 Å². The van der Waals surface area contributed by atoms with Gasteiger partial charge in [-0.05, 0) is 59.0 Å². The molecule has 1 aliphatic rings. The van der Waals surface area contributed by atoms with E-state index in [1.807, 2.05) is 12.1 Å². The Hall–Kier alpha value is -4.17. The predicted octanol–water partition coefficient (Wildman–Crippen LogP) is 4.16. The molecule has 0 bridgehead atoms. The first-order valence-corrected chi connectivity index (χ1v) is 11.2. The van der Waals surface area contributed by atoms with Gasteiger partial charge in [-0.25, -0.2) is 10.2 Å². The van der Waals surface area contributed by atoms with Crippen molar-refractivity contribution in [1.82, 2.24) is 10.3 Å². The van der Waals surface area contributed by atoms with E-state index in [9.17, 15) is 9.59 Å². The quantitative estimate of drug-likeness (QED) is 0.240. The van der Waals surface area contributed by atoms with Gasteiger partial charge in [-0.2, -0.15) is 5.10 Å². The van der Waals surface area contributed by atoms with Gasteiger partial charge in [0.2, 0.25) is 0 Å². The van der Waals surface area contributed by atoms with Crippen LogP contribution in [0.15, 0.2) is 71.8 Å². The van der Waals surface area contributed by atoms with Crippen molar-refractivity contribution in [3.8, 4) is 11.5 Å². The average Bonchev–Trinajstić information content (AvgIpc) is 2.89. The number of methoxy groups -OCH3 is 2. The molecule has 0 atom stereocenters. The first kappa shape index (κ1) is 24.0. The van der Waals surface area contributed by atoms with E-state index in [1.165, 1.54) is 31.6 Å². The van der Waals surface area contributed by atoms with Crippen LogP contribution in [0.2, 0.25) is 0 Å². The lowest BCUT2D eigenvalue weighted by Crippen LogP contribution is -2.30. The van der Waals surface area contributed by atoms with Gasteiger partial charge >= 0.3 is 6.16 Å². The number of nitrogens with one attached hydrogen (secondary N) is 1. The van der Waals surface area contributed by atoms with E-state index in [1.54, 1.807) is 30.3 Å². The molecule has 8 nitrogen and oxygen atoms in total. The molecule has 180 valence electrons. The molecule has 0 fully saturated rings. The van der Waals surface area contributed by atoms with Crippen LogP contribution in [0, 0.1) is 0 Å². The highest BCUT2D eigenvalue weighted by Crippen LogP contribution is 2.28. The zero-order chi connectivity index (χ0) is 24.6. The van der Waals surface area contributed by atoms with Gasteiger partial charge in [-0.3, -0.25) is 9.69 Å². The summed E-state index contributed by atoms with van der Waals surface area (Å²) < 4.78 is 14.7. The minimum atomic E-state index is -0.843. The molecule has 0 radical (unpaired) electrons. The first-order chi connectivity index (χ1) is 17.1. The molecule has 3 aromatic carbocycles. The zero-order valence-electron chi connectivity index (χ0n) is 19.7. The molecule has 0 saturated carbocycles. The molecule has 0 aliphatic carbocycles. The highest BCUT2D eigenvalue weighted by molar-refractivity contribution is 5.95. The Bertz CT molecular complexity index is 1220. The minimum absolute atomic E-state index is 0.217. The van der Waals surface area contributed by atoms with E-state index >= 15 is 0 Å². The van der Waals surface area contributed by atoms with Gasteiger partial charge in [0.05, 0.1) is 20.4 Å². The largest absolute Gasteiger partial charge is 0.513 e. The van der Waals surface area contributed by atoms with Gasteiger partial charge in [0, 0.05) is 25.2 Å². The number of nitrogens with zero attached hydrogens (tertiary/aromatic N) is 2. The molecule has 1 N–H and O–H groups in total. The van der Waals surface area contributed by atoms with Crippen LogP contribution in [-0.2, 0) is 24.2 Å². The Balaban J connectivity index is 1.31. The van der Waals surface area contributed by atoms with Crippen molar-refractivity contribution >= 4 is 18.3 Å². The summed E-state index contributed by atoms with van der Waals surface area (Å²) >= 11 is 0. The SMILES string of the molecule is COC(=O)Oc1ccc(/C=N\NC(=O)c2ccc(CN3CCc4ccccc4C3)cc2)cc1OC. The predicted molar refractivity (Wildman–Crippen MR) is 132 cm³/mol. The second-order valence-electron chi connectivity index (χ2n) is 8.09. The van der Waals surface area contributed by atoms with Crippen LogP contribution in [0.1, 0.15) is 32.6 Å². The summed E-state index contributed by atoms with van der Waals surface area (Å²) in [4.78, 5) is 26.2. The molecular formula is C27H27N3O5. The van der Waals surface area contributed by atoms with Gasteiger partial charge in [0.1, 0.15) is 0 Å². The summed E-state index contributed by atoms with van der Waals surface area (Å²) in [5.74, 6) is 0.241. The average molecular weight is 474 g/mol. The van der Waals surface area contributed by atoms with E-state index in [0.29, 0.717) is 16.9 Å². The van der Waals surface area contributed by atoms with E-state index in [-0.39, 0.29) is 11.7 Å². The van der Waals surface area contributed by atoms with Crippen molar-refractivity contribution in [2.75, 3.05) is 20.8 Å². The molecular weight excluding hydrogens is 446 g/mol. The molecule has 0 unspecified atom stereocenters. The number of rotatable bonds is 7. The third-order valence-electron chi connectivity index (χ3n) is 5.76. The third kappa shape index (κ3) is 6.24. The second kappa shape index (κ2) is 11.3. The smallest absolute Gasteiger partial charge is 0.493 e. The summed E-state index contributed by atoms with van der Waals surface area (Å²) in [7, 11) is 2.68. The minimum Gasteiger partial charge on any atom is -0.493 e. The van der Waals surface area contributed by atoms with Crippen LogP contribution in [0.25, 0.3) is 0 Å². The van der Waals surface area contributed by atoms with Crippen molar-refractivity contribution in [3.63, 3.8) is 0 Å². The maximum absolute atomic E-state index is 12.5. The topological polar surface area (TPSA) is 89.5 Å². The first-order valence-electron chi connectivity index (χ1n) is 11.2. The van der Waals surface area contributed by atoms with Crippen molar-refractivity contribution in [1.29, 1.82) is 0 Å². The van der Waals surface area contributed by atoms with Crippen LogP contribution in [0.5, 0.6) is 11.5 Å². The number of carbonyl (C=O) groups is 2. The Morgan fingerprint density at radius 1 is 1.00 bits per heavy atom. The molecule has 0 saturated heterocycles. The van der Waals surface area contributed by atoms with Crippen molar-refractivity contribution < 1.29 is 23.8 Å². The van der Waals surface area contributed by atoms with Crippen LogP contribution in [-0.4, -0.2) is 43.9 Å². The van der Waals surface area contributed by atoms with Crippen molar-refractivity contribution in [3.05, 3.63) is 94.5 Å². The van der Waals surface area contributed by atoms with Crippen LogP contribution >= 0.6 is 0 Å². The van der Waals surface area contributed by atoms with E-state index in [4.69, 9.17) is 9.47 Å². The lowest BCUT2D eigenvalue weighted by atomic mass is 9.99. The number of carbonyl (C=O) groups excluding carboxylic acids is 2. The van der Waals surface area contributed by atoms with Crippen LogP contribution in [0.4, 0.5) is 4.79 Å². The number of benzene rings is 3. The molecule has 35 heavy (non-hydrogen) atoms. The number of ether oxygens (including phenoxy) is 3. The van der Waals surface area contributed by atoms with Gasteiger partial charge in [0.25, 0.3) is 5.91 Å². The fourth-order valence-corrected chi connectivity index (χ4v) is 3.92. The van der Waals surface area contributed by atoms with Crippen molar-refractivity contribution in [2.45, 2.75) is 19.5 Å². The molecule has 4 rings (SSSR count). The highest BCUT2D eigenvalue weighted by atomic mass is 16.7. The summed E-state index contributed by atoms with van der Waals surface area (Å²) in [5, 5.41) is 4.02. The van der Waals surface area contributed by atoms with Gasteiger partial charge < -0.3 is 14.2 Å². The Morgan fingerprint density at radius 2 is 1.77 bits per heavy atom. The number of fused-ring (bicyclic) bond motifs is 1. The molecule has 1 amide bonds. The summed E-state index contributed by atoms with van der Waals surface area (Å²) in [6.45, 7) is 2.80. The van der Waals surface area contributed by atoms with E-state index in [2.05, 4.69) is 44.4 Å². The standard InChI is InChI=1S/C27H27N3O5/c1-33-25-15-20(9-12-24(25)35-27(32)34-2)16-28-29-26(31)22-10-7-19(8-11-22)17-30-14-13-21-5-3-4-6-23(21)18-30/h3-12,15-16H,13-14,17-18H2,1-2H3,(H,29,31)/b28-16-. The number of hydrogen-bond acceptors (Lipinski definition) is 7. The number of amides is 1. The normalized spacial score (nSPS) is 13.2. The molecule has 1 heterocycles. The monoisotopic (exact) mass is 473 g/mol. The fourth-order valence-electron chi connectivity index (χ4n) is 3.92. The van der Waals surface area contributed by atoms with Crippen LogP contribution < -0.4 is 14.9 Å². The molecule has 0 spiro atoms. The lowest BCUT2D eigenvalue weighted by molar-refractivity contribution is 0.0954. The maximum atomic E-state index is 12.5. The second-order valence-corrected chi connectivity index (χ2v) is 8.09. The molecule has 1 aliphatic heterocycles. The van der Waals surface area contributed by atoms with E-state index < -0.39 is 6.16 Å². The third-order valence-corrected chi connectivity index (χ3v) is 5.76. The lowest BCUT2D eigenvalue weighted by Gasteiger charge is -2.28. The summed E-state index contributed by atoms with van der Waals surface area (Å²) in [6, 6.07) is 21.0. The molecule has 0 aromatic heterocycles. The van der Waals surface area contributed by atoms with Crippen LogP contribution in [0.3, 0.4) is 0 Å². The van der Waals surface area contributed by atoms with Gasteiger partial charge in [0.15, 0.2) is 11.5 Å². The number of hydrogen-bond donors (Lipinski definition) is 1. The summed E-state index contributed by atoms with van der Waals surface area (Å²) in [5.41, 5.74) is 7.67. The maximum Gasteiger partial charge on any atom is 0.513 e. The summed E-state index contributed by atoms with van der Waals surface area (Å²) in [6.07, 6.45) is 1.69. The van der Waals surface area contributed by atoms with Gasteiger partial charge in [-0.1, -0.05) is 36.4 Å².